The number of carbonyl (C=O) groups excluding carboxylic acids is 1. The Morgan fingerprint density at radius 3 is 2.48 bits per heavy atom. The van der Waals surface area contributed by atoms with Gasteiger partial charge in [0.25, 0.3) is 16.0 Å². The largest absolute Gasteiger partial charge is 0.450 e. The molecule has 2 N–H and O–H groups in total. The van der Waals surface area contributed by atoms with Crippen LogP contribution >= 0.6 is 23.5 Å². The predicted molar refractivity (Wildman–Crippen MR) is 160 cm³/mol. The Hall–Kier alpha value is -2.51. The quantitative estimate of drug-likeness (QED) is 0.268. The van der Waals surface area contributed by atoms with Crippen molar-refractivity contribution in [2.24, 2.45) is 0 Å². The average molecular weight is 666 g/mol. The predicted octanol–water partition coefficient (Wildman–Crippen LogP) is 0.0905. The molecular formula is C24H33N4O10S4+. The van der Waals surface area contributed by atoms with Gasteiger partial charge in [0.05, 0.1) is 17.4 Å². The number of nitrogens with zero attached hydrogens (tertiary/aromatic N) is 4. The van der Waals surface area contributed by atoms with E-state index in [1.165, 1.54) is 33.0 Å². The number of hydrogen-bond donors (Lipinski definition) is 2. The van der Waals surface area contributed by atoms with Crippen LogP contribution in [-0.4, -0.2) is 112 Å². The van der Waals surface area contributed by atoms with Crippen LogP contribution in [0.4, 0.5) is 4.79 Å². The Labute approximate surface area is 251 Å². The van der Waals surface area contributed by atoms with E-state index in [9.17, 15) is 35.5 Å². The summed E-state index contributed by atoms with van der Waals surface area (Å²) in [6, 6.07) is -0.207. The molecule has 1 aromatic heterocycles. The molecule has 1 aromatic rings. The Morgan fingerprint density at radius 2 is 1.81 bits per heavy atom. The van der Waals surface area contributed by atoms with Crippen LogP contribution < -0.4 is 16.5 Å². The summed E-state index contributed by atoms with van der Waals surface area (Å²) in [6.07, 6.45) is 8.72. The summed E-state index contributed by atoms with van der Waals surface area (Å²) in [5.74, 6) is 0.188. The molecule has 4 rings (SSSR count). The van der Waals surface area contributed by atoms with Gasteiger partial charge < -0.3 is 23.5 Å². The highest BCUT2D eigenvalue weighted by Gasteiger charge is 2.28. The number of likely N-dealkylation sites (tertiary alicyclic amines) is 1. The lowest BCUT2D eigenvalue weighted by Crippen LogP contribution is -2.43. The Kier molecular flexibility index (Phi) is 10.7. The minimum Gasteiger partial charge on any atom is -0.450 e. The molecule has 2 saturated heterocycles. The van der Waals surface area contributed by atoms with E-state index in [1.807, 2.05) is 0 Å². The summed E-state index contributed by atoms with van der Waals surface area (Å²) >= 11 is 2.83. The highest BCUT2D eigenvalue weighted by Crippen LogP contribution is 2.28. The Bertz CT molecular complexity index is 1670. The first-order valence-corrected chi connectivity index (χ1v) is 18.3. The second-order valence-corrected chi connectivity index (χ2v) is 14.7. The van der Waals surface area contributed by atoms with Gasteiger partial charge in [-0.2, -0.15) is 16.8 Å². The second-order valence-electron chi connectivity index (χ2n) is 9.58. The third-order valence-electron chi connectivity index (χ3n) is 6.60. The van der Waals surface area contributed by atoms with Crippen LogP contribution in [-0.2, 0) is 25.0 Å². The van der Waals surface area contributed by atoms with Gasteiger partial charge in [0.15, 0.2) is 6.54 Å². The van der Waals surface area contributed by atoms with E-state index in [1.54, 1.807) is 46.8 Å². The van der Waals surface area contributed by atoms with E-state index in [2.05, 4.69) is 0 Å². The average Bonchev–Trinajstić information content (AvgIpc) is 3.60. The fraction of sp³-hybridized carbons (Fsp3) is 0.542. The third kappa shape index (κ3) is 8.76. The van der Waals surface area contributed by atoms with Crippen molar-refractivity contribution in [1.29, 1.82) is 0 Å². The number of rotatable bonds is 9. The van der Waals surface area contributed by atoms with Crippen LogP contribution in [0.2, 0.25) is 0 Å². The normalized spacial score (nSPS) is 21.1. The van der Waals surface area contributed by atoms with Crippen LogP contribution in [0.15, 0.2) is 32.5 Å². The molecule has 0 atom stereocenters. The van der Waals surface area contributed by atoms with Crippen LogP contribution in [0, 0.1) is 0 Å². The molecule has 0 saturated carbocycles. The first-order valence-electron chi connectivity index (χ1n) is 13.1. The number of aromatic nitrogens is 1. The van der Waals surface area contributed by atoms with Crippen molar-refractivity contribution in [2.45, 2.75) is 25.8 Å². The van der Waals surface area contributed by atoms with Crippen molar-refractivity contribution in [2.75, 3.05) is 56.0 Å². The summed E-state index contributed by atoms with van der Waals surface area (Å²) in [5, 5.41) is 1.45. The molecule has 0 unspecified atom stereocenters. The van der Waals surface area contributed by atoms with E-state index < -0.39 is 43.7 Å². The highest BCUT2D eigenvalue weighted by atomic mass is 32.2. The topological polar surface area (TPSA) is 180 Å². The molecule has 2 fully saturated rings. The number of amides is 1. The monoisotopic (exact) mass is 665 g/mol. The molecular weight excluding hydrogens is 633 g/mol. The fourth-order valence-electron chi connectivity index (χ4n) is 4.82. The van der Waals surface area contributed by atoms with E-state index in [4.69, 9.17) is 9.15 Å². The maximum absolute atomic E-state index is 13.1. The summed E-state index contributed by atoms with van der Waals surface area (Å²) in [7, 11) is -8.44. The summed E-state index contributed by atoms with van der Waals surface area (Å²) in [5.41, 5.74) is -0.367. The molecule has 0 spiro atoms. The van der Waals surface area contributed by atoms with Crippen molar-refractivity contribution in [1.82, 2.24) is 14.4 Å². The zero-order valence-electron chi connectivity index (χ0n) is 22.8. The van der Waals surface area contributed by atoms with E-state index in [-0.39, 0.29) is 23.5 Å². The van der Waals surface area contributed by atoms with Crippen molar-refractivity contribution in [3.63, 3.8) is 0 Å². The lowest BCUT2D eigenvalue weighted by atomic mass is 10.1. The number of carbonyl (C=O) groups is 1. The number of hydrogen-bond acceptors (Lipinski definition) is 11. The van der Waals surface area contributed by atoms with Gasteiger partial charge in [0, 0.05) is 37.5 Å². The SMILES string of the molecule is CCOC(=O)N1CCC(n2/c(=C/C=C/C3=[N+](CS(=O)(=O)O)CCS3)oc(=O)/c2=C\C=C2\SCCN2CS(=O)(=O)O)CC1. The van der Waals surface area contributed by atoms with Crippen LogP contribution in [0.5, 0.6) is 0 Å². The molecule has 0 aromatic carbocycles. The zero-order valence-corrected chi connectivity index (χ0v) is 26.1. The molecule has 4 heterocycles. The first-order chi connectivity index (χ1) is 19.8. The summed E-state index contributed by atoms with van der Waals surface area (Å²) in [4.78, 5) is 28.4. The molecule has 232 valence electrons. The minimum absolute atomic E-state index is 0.207. The molecule has 3 aliphatic heterocycles. The standard InChI is InChI=1S/C24H32N4O10S4/c1-2-37-24(30)25-10-8-18(9-11-25)28-19(6-7-22-27(13-15-40-22)17-42(34,35)36)23(29)38-20(28)4-3-5-21-26(12-14-39-21)16-41(31,32)33/h3-7,18H,2,8-17H2,1H3,(H-,31,32,33,34,35,36)/p+1/b19-6+,22-7+. The van der Waals surface area contributed by atoms with Crippen molar-refractivity contribution < 1.29 is 44.5 Å². The third-order valence-corrected chi connectivity index (χ3v) is 10.0. The van der Waals surface area contributed by atoms with Gasteiger partial charge in [0.2, 0.25) is 10.6 Å². The van der Waals surface area contributed by atoms with Crippen molar-refractivity contribution in [3.8, 4) is 0 Å². The molecule has 1 amide bonds. The van der Waals surface area contributed by atoms with Crippen LogP contribution in [0.3, 0.4) is 0 Å². The van der Waals surface area contributed by atoms with E-state index in [0.717, 1.165) is 0 Å². The molecule has 18 heteroatoms. The number of piperidine rings is 1. The lowest BCUT2D eigenvalue weighted by Gasteiger charge is -2.31. The minimum atomic E-state index is -4.24. The fourth-order valence-corrected chi connectivity index (χ4v) is 8.36. The van der Waals surface area contributed by atoms with Crippen LogP contribution in [0.1, 0.15) is 25.8 Å². The van der Waals surface area contributed by atoms with E-state index in [0.29, 0.717) is 60.6 Å². The van der Waals surface area contributed by atoms with Gasteiger partial charge in [-0.15, -0.1) is 11.8 Å². The van der Waals surface area contributed by atoms with Gasteiger partial charge in [-0.25, -0.2) is 14.2 Å². The van der Waals surface area contributed by atoms with Gasteiger partial charge in [-0.3, -0.25) is 9.11 Å². The molecule has 0 radical (unpaired) electrons. The van der Waals surface area contributed by atoms with Crippen molar-refractivity contribution >= 4 is 67.0 Å². The summed E-state index contributed by atoms with van der Waals surface area (Å²) in [6.45, 7) is 3.68. The molecule has 3 aliphatic rings. The second kappa shape index (κ2) is 13.9. The van der Waals surface area contributed by atoms with Crippen molar-refractivity contribution in [3.05, 3.63) is 44.6 Å². The molecule has 42 heavy (non-hydrogen) atoms. The zero-order chi connectivity index (χ0) is 30.5. The number of oxazole rings is 1. The number of thioether (sulfide) groups is 2. The van der Waals surface area contributed by atoms with E-state index >= 15 is 0 Å². The van der Waals surface area contributed by atoms with Gasteiger partial charge >= 0.3 is 21.8 Å². The smallest absolute Gasteiger partial charge is 0.409 e. The van der Waals surface area contributed by atoms with Gasteiger partial charge in [-0.1, -0.05) is 11.8 Å². The molecule has 0 bridgehead atoms. The number of ether oxygens (including phenoxy) is 1. The first kappa shape index (κ1) is 32.4. The maximum Gasteiger partial charge on any atom is 0.409 e. The molecule has 14 nitrogen and oxygen atoms in total. The van der Waals surface area contributed by atoms with Gasteiger partial charge in [0.1, 0.15) is 11.2 Å². The lowest BCUT2D eigenvalue weighted by molar-refractivity contribution is -0.498. The maximum atomic E-state index is 13.1. The highest BCUT2D eigenvalue weighted by molar-refractivity contribution is 8.14. The van der Waals surface area contributed by atoms with Crippen LogP contribution in [0.25, 0.3) is 12.2 Å². The Morgan fingerprint density at radius 1 is 1.07 bits per heavy atom. The number of allylic oxidation sites excluding steroid dienone is 2. The molecule has 0 aliphatic carbocycles. The van der Waals surface area contributed by atoms with Gasteiger partial charge in [-0.05, 0) is 44.1 Å². The Balaban J connectivity index is 1.71. The summed E-state index contributed by atoms with van der Waals surface area (Å²) < 4.78 is 78.1.